The summed E-state index contributed by atoms with van der Waals surface area (Å²) in [6.07, 6.45) is 1.87. The molecule has 2 atom stereocenters. The molecule has 152 valence electrons. The number of nitrogens with zero attached hydrogens (tertiary/aromatic N) is 3. The molecule has 2 aromatic carbocycles. The van der Waals surface area contributed by atoms with Crippen LogP contribution in [0.1, 0.15) is 36.2 Å². The second-order valence-electron chi connectivity index (χ2n) is 7.18. The fourth-order valence-electron chi connectivity index (χ4n) is 3.60. The minimum absolute atomic E-state index is 0.00755. The third-order valence-corrected chi connectivity index (χ3v) is 6.95. The van der Waals surface area contributed by atoms with Crippen LogP contribution in [0, 0.1) is 0 Å². The molecule has 0 spiro atoms. The SMILES string of the molecule is O=S(=O)(c1ccccc1)N1C[C@H](O)C[C@H]1c1nc(CCCc2ccccc2)no1. The summed E-state index contributed by atoms with van der Waals surface area (Å²) in [5.41, 5.74) is 1.25. The number of hydrogen-bond donors (Lipinski definition) is 1. The van der Waals surface area contributed by atoms with Gasteiger partial charge >= 0.3 is 0 Å². The lowest BCUT2D eigenvalue weighted by molar-refractivity contribution is 0.188. The van der Waals surface area contributed by atoms with E-state index in [0.29, 0.717) is 12.2 Å². The number of benzene rings is 2. The Morgan fingerprint density at radius 3 is 2.45 bits per heavy atom. The highest BCUT2D eigenvalue weighted by Crippen LogP contribution is 2.36. The Morgan fingerprint density at radius 1 is 1.03 bits per heavy atom. The standard InChI is InChI=1S/C21H23N3O4S/c25-17-14-19(24(15-17)29(26,27)18-11-5-2-6-12-18)21-22-20(23-28-21)13-7-10-16-8-3-1-4-9-16/h1-6,8-9,11-12,17,19,25H,7,10,13-15H2/t17-,19+/m1/s1. The van der Waals surface area contributed by atoms with E-state index in [9.17, 15) is 13.5 Å². The van der Waals surface area contributed by atoms with Gasteiger partial charge in [0.15, 0.2) is 5.82 Å². The first-order chi connectivity index (χ1) is 14.0. The predicted molar refractivity (Wildman–Crippen MR) is 106 cm³/mol. The Bertz CT molecular complexity index is 1040. The van der Waals surface area contributed by atoms with Gasteiger partial charge in [0, 0.05) is 19.4 Å². The van der Waals surface area contributed by atoms with Crippen molar-refractivity contribution in [1.29, 1.82) is 0 Å². The third-order valence-electron chi connectivity index (χ3n) is 5.06. The Kier molecular flexibility index (Phi) is 5.75. The predicted octanol–water partition coefficient (Wildman–Crippen LogP) is 2.74. The highest BCUT2D eigenvalue weighted by molar-refractivity contribution is 7.89. The van der Waals surface area contributed by atoms with E-state index in [1.54, 1.807) is 30.3 Å². The van der Waals surface area contributed by atoms with E-state index in [2.05, 4.69) is 22.3 Å². The molecule has 2 heterocycles. The van der Waals surface area contributed by atoms with E-state index >= 15 is 0 Å². The zero-order valence-corrected chi connectivity index (χ0v) is 16.7. The molecule has 1 N–H and O–H groups in total. The molecule has 0 unspecified atom stereocenters. The third kappa shape index (κ3) is 4.39. The lowest BCUT2D eigenvalue weighted by Crippen LogP contribution is -2.32. The minimum atomic E-state index is -3.77. The van der Waals surface area contributed by atoms with Crippen LogP contribution in [0.4, 0.5) is 0 Å². The summed E-state index contributed by atoms with van der Waals surface area (Å²) in [7, 11) is -3.77. The smallest absolute Gasteiger partial charge is 0.245 e. The quantitative estimate of drug-likeness (QED) is 0.640. The molecule has 0 saturated carbocycles. The van der Waals surface area contributed by atoms with E-state index in [0.717, 1.165) is 12.8 Å². The van der Waals surface area contributed by atoms with Crippen LogP contribution in [0.15, 0.2) is 70.1 Å². The average molecular weight is 413 g/mol. The van der Waals surface area contributed by atoms with Gasteiger partial charge in [-0.15, -0.1) is 0 Å². The molecule has 29 heavy (non-hydrogen) atoms. The maximum atomic E-state index is 13.0. The number of hydrogen-bond acceptors (Lipinski definition) is 6. The van der Waals surface area contributed by atoms with Gasteiger partial charge in [0.25, 0.3) is 0 Å². The maximum absolute atomic E-state index is 13.0. The van der Waals surface area contributed by atoms with Crippen LogP contribution in [0.3, 0.4) is 0 Å². The minimum Gasteiger partial charge on any atom is -0.392 e. The highest BCUT2D eigenvalue weighted by Gasteiger charge is 2.43. The number of rotatable bonds is 7. The molecule has 1 fully saturated rings. The summed E-state index contributed by atoms with van der Waals surface area (Å²) in [6.45, 7) is 0.00755. The number of aliphatic hydroxyl groups is 1. The van der Waals surface area contributed by atoms with Gasteiger partial charge in [-0.25, -0.2) is 8.42 Å². The van der Waals surface area contributed by atoms with Crippen molar-refractivity contribution in [3.8, 4) is 0 Å². The van der Waals surface area contributed by atoms with Gasteiger partial charge in [-0.1, -0.05) is 53.7 Å². The van der Waals surface area contributed by atoms with Gasteiger partial charge in [0.1, 0.15) is 6.04 Å². The van der Waals surface area contributed by atoms with Crippen LogP contribution in [-0.4, -0.2) is 40.6 Å². The number of aliphatic hydroxyl groups excluding tert-OH is 1. The van der Waals surface area contributed by atoms with Gasteiger partial charge in [-0.2, -0.15) is 9.29 Å². The molecule has 0 radical (unpaired) electrons. The first-order valence-electron chi connectivity index (χ1n) is 9.65. The van der Waals surface area contributed by atoms with E-state index in [1.807, 2.05) is 18.2 Å². The second kappa shape index (κ2) is 8.44. The van der Waals surface area contributed by atoms with Crippen molar-refractivity contribution in [1.82, 2.24) is 14.4 Å². The first-order valence-corrected chi connectivity index (χ1v) is 11.1. The fourth-order valence-corrected chi connectivity index (χ4v) is 5.25. The van der Waals surface area contributed by atoms with Crippen molar-refractivity contribution in [2.75, 3.05) is 6.54 Å². The van der Waals surface area contributed by atoms with Gasteiger partial charge in [0.05, 0.1) is 11.0 Å². The molecule has 4 rings (SSSR count). The van der Waals surface area contributed by atoms with Crippen molar-refractivity contribution in [3.63, 3.8) is 0 Å². The summed E-state index contributed by atoms with van der Waals surface area (Å²) in [5, 5.41) is 14.1. The largest absolute Gasteiger partial charge is 0.392 e. The summed E-state index contributed by atoms with van der Waals surface area (Å²) in [6, 6.07) is 17.7. The van der Waals surface area contributed by atoms with Crippen LogP contribution < -0.4 is 0 Å². The normalized spacial score (nSPS) is 20.2. The molecule has 7 nitrogen and oxygen atoms in total. The van der Waals surface area contributed by atoms with E-state index in [4.69, 9.17) is 4.52 Å². The molecular formula is C21H23N3O4S. The molecule has 1 aliphatic rings. The first kappa shape index (κ1) is 19.8. The summed E-state index contributed by atoms with van der Waals surface area (Å²) in [4.78, 5) is 4.60. The lowest BCUT2D eigenvalue weighted by atomic mass is 10.1. The Balaban J connectivity index is 1.47. The molecule has 1 saturated heterocycles. The zero-order chi connectivity index (χ0) is 20.3. The van der Waals surface area contributed by atoms with Crippen LogP contribution in [-0.2, 0) is 22.9 Å². The number of sulfonamides is 1. The summed E-state index contributed by atoms with van der Waals surface area (Å²) >= 11 is 0. The molecule has 8 heteroatoms. The maximum Gasteiger partial charge on any atom is 0.245 e. The van der Waals surface area contributed by atoms with Crippen LogP contribution >= 0.6 is 0 Å². The molecule has 1 aromatic heterocycles. The zero-order valence-electron chi connectivity index (χ0n) is 15.9. The van der Waals surface area contributed by atoms with Gasteiger partial charge in [0.2, 0.25) is 15.9 Å². The van der Waals surface area contributed by atoms with Crippen molar-refractivity contribution < 1.29 is 18.0 Å². The molecule has 0 amide bonds. The number of aryl methyl sites for hydroxylation is 2. The van der Waals surface area contributed by atoms with Crippen molar-refractivity contribution in [3.05, 3.63) is 77.9 Å². The molecule has 0 aliphatic carbocycles. The Labute approximate surface area is 170 Å². The molecule has 1 aliphatic heterocycles. The van der Waals surface area contributed by atoms with E-state index in [-0.39, 0.29) is 23.8 Å². The summed E-state index contributed by atoms with van der Waals surface area (Å²) in [5.74, 6) is 0.783. The average Bonchev–Trinajstić information content (AvgIpc) is 3.36. The van der Waals surface area contributed by atoms with Crippen molar-refractivity contribution in [2.45, 2.75) is 42.7 Å². The monoisotopic (exact) mass is 413 g/mol. The van der Waals surface area contributed by atoms with Gasteiger partial charge in [-0.3, -0.25) is 0 Å². The van der Waals surface area contributed by atoms with Crippen molar-refractivity contribution >= 4 is 10.0 Å². The second-order valence-corrected chi connectivity index (χ2v) is 9.07. The number of β-amino-alcohol motifs (C(OH)–C–C–N with tert-alkyl or cyclic N) is 1. The lowest BCUT2D eigenvalue weighted by Gasteiger charge is -2.21. The topological polar surface area (TPSA) is 96.5 Å². The summed E-state index contributed by atoms with van der Waals surface area (Å²) < 4.78 is 32.7. The van der Waals surface area contributed by atoms with E-state index in [1.165, 1.54) is 9.87 Å². The van der Waals surface area contributed by atoms with Gasteiger partial charge in [-0.05, 0) is 30.5 Å². The number of aromatic nitrogens is 2. The van der Waals surface area contributed by atoms with Crippen LogP contribution in [0.25, 0.3) is 0 Å². The van der Waals surface area contributed by atoms with Gasteiger partial charge < -0.3 is 9.63 Å². The molecule has 3 aromatic rings. The van der Waals surface area contributed by atoms with Crippen LogP contribution in [0.2, 0.25) is 0 Å². The highest BCUT2D eigenvalue weighted by atomic mass is 32.2. The van der Waals surface area contributed by atoms with E-state index < -0.39 is 22.2 Å². The Morgan fingerprint density at radius 2 is 1.72 bits per heavy atom. The fraction of sp³-hybridized carbons (Fsp3) is 0.333. The Hall–Kier alpha value is -2.55. The van der Waals surface area contributed by atoms with Crippen molar-refractivity contribution in [2.24, 2.45) is 0 Å². The molecular weight excluding hydrogens is 390 g/mol. The molecule has 0 bridgehead atoms. The van der Waals surface area contributed by atoms with Crippen LogP contribution in [0.5, 0.6) is 0 Å².